The number of hydrogen-bond donors (Lipinski definition) is 0. The number of thioether (sulfide) groups is 1. The summed E-state index contributed by atoms with van der Waals surface area (Å²) < 4.78 is 2.10. The maximum Gasteiger partial charge on any atom is 0.108 e. The van der Waals surface area contributed by atoms with Crippen LogP contribution >= 0.6 is 11.8 Å². The highest BCUT2D eigenvalue weighted by Gasteiger charge is 2.08. The van der Waals surface area contributed by atoms with Crippen LogP contribution < -0.4 is 0 Å². The molecule has 0 amide bonds. The Labute approximate surface area is 95.9 Å². The van der Waals surface area contributed by atoms with Crippen LogP contribution in [0.4, 0.5) is 0 Å². The lowest BCUT2D eigenvalue weighted by molar-refractivity contribution is 0.293. The Bertz CT molecular complexity index is 255. The second kappa shape index (κ2) is 6.18. The van der Waals surface area contributed by atoms with Crippen LogP contribution in [0.25, 0.3) is 0 Å². The first-order valence-electron chi connectivity index (χ1n) is 5.63. The first-order valence-corrected chi connectivity index (χ1v) is 6.78. The first-order chi connectivity index (χ1) is 7.45. The van der Waals surface area contributed by atoms with Gasteiger partial charge in [-0.15, -0.1) is 0 Å². The summed E-state index contributed by atoms with van der Waals surface area (Å²) in [5.41, 5.74) is 0. The Kier molecular flexibility index (Phi) is 4.54. The third-order valence-corrected chi connectivity index (χ3v) is 3.69. The van der Waals surface area contributed by atoms with Crippen molar-refractivity contribution in [2.75, 3.05) is 31.1 Å². The van der Waals surface area contributed by atoms with E-state index in [0.29, 0.717) is 0 Å². The Morgan fingerprint density at radius 2 is 2.00 bits per heavy atom. The summed E-state index contributed by atoms with van der Waals surface area (Å²) in [4.78, 5) is 6.50. The molecule has 0 spiro atoms. The average molecular weight is 224 g/mol. The van der Waals surface area contributed by atoms with E-state index in [2.05, 4.69) is 32.4 Å². The molecule has 4 heteroatoms. The molecule has 1 radical (unpaired) electrons. The van der Waals surface area contributed by atoms with E-state index in [1.54, 1.807) is 0 Å². The van der Waals surface area contributed by atoms with E-state index in [1.807, 2.05) is 12.5 Å². The summed E-state index contributed by atoms with van der Waals surface area (Å²) in [7, 11) is 0. The van der Waals surface area contributed by atoms with Crippen LogP contribution in [0.5, 0.6) is 0 Å². The minimum Gasteiger partial charge on any atom is -0.337 e. The Morgan fingerprint density at radius 1 is 1.20 bits per heavy atom. The molecule has 3 nitrogen and oxygen atoms in total. The molecule has 1 aliphatic heterocycles. The summed E-state index contributed by atoms with van der Waals surface area (Å²) in [6.45, 7) is 4.91. The first kappa shape index (κ1) is 11.0. The van der Waals surface area contributed by atoms with Gasteiger partial charge in [-0.25, -0.2) is 4.98 Å². The lowest BCUT2D eigenvalue weighted by Crippen LogP contribution is -2.33. The van der Waals surface area contributed by atoms with Crippen LogP contribution in [0.3, 0.4) is 0 Å². The normalized spacial score (nSPS) is 18.1. The molecule has 1 fully saturated rings. The number of rotatable bonds is 5. The summed E-state index contributed by atoms with van der Waals surface area (Å²) in [5, 5.41) is 0. The fraction of sp³-hybridized carbons (Fsp3) is 0.727. The van der Waals surface area contributed by atoms with Gasteiger partial charge >= 0.3 is 0 Å². The van der Waals surface area contributed by atoms with Crippen LogP contribution in [0.2, 0.25) is 0 Å². The number of imidazole rings is 1. The van der Waals surface area contributed by atoms with Crippen LogP contribution in [0, 0.1) is 6.20 Å². The van der Waals surface area contributed by atoms with Crippen LogP contribution in [0.1, 0.15) is 12.8 Å². The quantitative estimate of drug-likeness (QED) is 0.708. The van der Waals surface area contributed by atoms with Crippen molar-refractivity contribution in [3.05, 3.63) is 18.7 Å². The molecule has 0 aromatic carbocycles. The van der Waals surface area contributed by atoms with E-state index in [4.69, 9.17) is 0 Å². The maximum atomic E-state index is 3.92. The zero-order valence-corrected chi connectivity index (χ0v) is 9.88. The van der Waals surface area contributed by atoms with Crippen LogP contribution in [-0.4, -0.2) is 45.6 Å². The molecule has 2 heterocycles. The Balaban J connectivity index is 1.54. The molecule has 1 saturated heterocycles. The number of aryl methyl sites for hydroxylation is 1. The number of unbranched alkanes of at least 4 members (excludes halogenated alkanes) is 1. The molecule has 0 unspecified atom stereocenters. The molecular weight excluding hydrogens is 206 g/mol. The number of nitrogens with zero attached hydrogens (tertiary/aromatic N) is 3. The summed E-state index contributed by atoms with van der Waals surface area (Å²) in [6.07, 6.45) is 9.12. The van der Waals surface area contributed by atoms with Gasteiger partial charge in [0.1, 0.15) is 6.20 Å². The molecule has 0 saturated carbocycles. The second-order valence-electron chi connectivity index (χ2n) is 3.90. The van der Waals surface area contributed by atoms with Gasteiger partial charge in [-0.1, -0.05) is 0 Å². The molecular formula is C11H18N3S. The Morgan fingerprint density at radius 3 is 2.73 bits per heavy atom. The van der Waals surface area contributed by atoms with Crippen LogP contribution in [0.15, 0.2) is 12.5 Å². The van der Waals surface area contributed by atoms with Crippen molar-refractivity contribution in [2.24, 2.45) is 0 Å². The summed E-state index contributed by atoms with van der Waals surface area (Å²) >= 11 is 2.08. The van der Waals surface area contributed by atoms with E-state index in [0.717, 1.165) is 6.54 Å². The lowest BCUT2D eigenvalue weighted by Gasteiger charge is -2.25. The fourth-order valence-corrected chi connectivity index (χ4v) is 2.80. The van der Waals surface area contributed by atoms with Gasteiger partial charge in [0.25, 0.3) is 0 Å². The zero-order chi connectivity index (χ0) is 10.3. The molecule has 0 atom stereocenters. The molecule has 0 bridgehead atoms. The highest BCUT2D eigenvalue weighted by molar-refractivity contribution is 7.99. The van der Waals surface area contributed by atoms with Gasteiger partial charge in [-0.2, -0.15) is 11.8 Å². The van der Waals surface area contributed by atoms with Crippen molar-refractivity contribution in [3.63, 3.8) is 0 Å². The van der Waals surface area contributed by atoms with Gasteiger partial charge in [0.05, 0.1) is 6.33 Å². The number of hydrogen-bond acceptors (Lipinski definition) is 3. The van der Waals surface area contributed by atoms with Gasteiger partial charge in [0, 0.05) is 37.3 Å². The molecule has 83 valence electrons. The molecule has 0 aliphatic carbocycles. The largest absolute Gasteiger partial charge is 0.337 e. The van der Waals surface area contributed by atoms with E-state index in [-0.39, 0.29) is 0 Å². The van der Waals surface area contributed by atoms with Gasteiger partial charge in [-0.05, 0) is 19.4 Å². The predicted octanol–water partition coefficient (Wildman–Crippen LogP) is 1.51. The molecule has 15 heavy (non-hydrogen) atoms. The molecule has 0 N–H and O–H groups in total. The molecule has 2 rings (SSSR count). The highest BCUT2D eigenvalue weighted by atomic mass is 32.2. The van der Waals surface area contributed by atoms with Gasteiger partial charge in [-0.3, -0.25) is 0 Å². The van der Waals surface area contributed by atoms with Crippen LogP contribution in [-0.2, 0) is 6.54 Å². The molecule has 1 aliphatic rings. The van der Waals surface area contributed by atoms with Gasteiger partial charge in [0.2, 0.25) is 0 Å². The summed E-state index contributed by atoms with van der Waals surface area (Å²) in [6, 6.07) is 0. The maximum absolute atomic E-state index is 3.92. The predicted molar refractivity (Wildman–Crippen MR) is 64.1 cm³/mol. The fourth-order valence-electron chi connectivity index (χ4n) is 1.83. The summed E-state index contributed by atoms with van der Waals surface area (Å²) in [5.74, 6) is 2.63. The van der Waals surface area contributed by atoms with Gasteiger partial charge < -0.3 is 9.47 Å². The van der Waals surface area contributed by atoms with E-state index in [9.17, 15) is 0 Å². The van der Waals surface area contributed by atoms with Crippen molar-refractivity contribution in [3.8, 4) is 0 Å². The van der Waals surface area contributed by atoms with E-state index in [1.165, 1.54) is 44.0 Å². The smallest absolute Gasteiger partial charge is 0.108 e. The van der Waals surface area contributed by atoms with Crippen molar-refractivity contribution in [1.82, 2.24) is 14.5 Å². The van der Waals surface area contributed by atoms with E-state index < -0.39 is 0 Å². The number of aromatic nitrogens is 2. The standard InChI is InChI=1S/C11H18N3S/c1(2-5-14-6-3-12-11-14)4-13-7-9-15-10-8-13/h6,11H,1-2,4-5,7-10H2. The highest BCUT2D eigenvalue weighted by Crippen LogP contribution is 2.09. The van der Waals surface area contributed by atoms with Crippen molar-refractivity contribution < 1.29 is 0 Å². The zero-order valence-electron chi connectivity index (χ0n) is 9.06. The Hall–Kier alpha value is -0.480. The third kappa shape index (κ3) is 3.87. The monoisotopic (exact) mass is 224 g/mol. The van der Waals surface area contributed by atoms with Crippen molar-refractivity contribution in [2.45, 2.75) is 19.4 Å². The molecule has 1 aromatic heterocycles. The lowest BCUT2D eigenvalue weighted by atomic mass is 10.3. The van der Waals surface area contributed by atoms with Gasteiger partial charge in [0.15, 0.2) is 0 Å². The minimum absolute atomic E-state index is 1.08. The minimum atomic E-state index is 1.08. The van der Waals surface area contributed by atoms with E-state index >= 15 is 0 Å². The third-order valence-electron chi connectivity index (χ3n) is 2.75. The second-order valence-corrected chi connectivity index (χ2v) is 5.13. The average Bonchev–Trinajstić information content (AvgIpc) is 2.79. The van der Waals surface area contributed by atoms with Crippen molar-refractivity contribution >= 4 is 11.8 Å². The van der Waals surface area contributed by atoms with Crippen molar-refractivity contribution in [1.29, 1.82) is 0 Å². The topological polar surface area (TPSA) is 21.1 Å². The SMILES string of the molecule is [c]1cn(CCCCN2CCSCC2)cn1. The molecule has 1 aromatic rings.